The SMILES string of the molecule is CC(C)(CN)CS(=O)(=O)c1ccc(Cl)cc1. The molecule has 0 fully saturated rings. The smallest absolute Gasteiger partial charge is 0.178 e. The maximum Gasteiger partial charge on any atom is 0.178 e. The highest BCUT2D eigenvalue weighted by Crippen LogP contribution is 2.22. The van der Waals surface area contributed by atoms with Crippen molar-refractivity contribution in [3.05, 3.63) is 29.3 Å². The fourth-order valence-electron chi connectivity index (χ4n) is 1.30. The van der Waals surface area contributed by atoms with Crippen LogP contribution in [0.4, 0.5) is 0 Å². The molecule has 0 aliphatic carbocycles. The minimum atomic E-state index is -3.29. The number of halogens is 1. The maximum absolute atomic E-state index is 12.0. The molecule has 0 saturated heterocycles. The van der Waals surface area contributed by atoms with Crippen LogP contribution in [0.3, 0.4) is 0 Å². The van der Waals surface area contributed by atoms with Crippen LogP contribution in [-0.4, -0.2) is 20.7 Å². The van der Waals surface area contributed by atoms with Crippen LogP contribution < -0.4 is 5.73 Å². The first kappa shape index (κ1) is 13.5. The quantitative estimate of drug-likeness (QED) is 0.903. The molecule has 0 spiro atoms. The summed E-state index contributed by atoms with van der Waals surface area (Å²) in [5, 5.41) is 0.525. The lowest BCUT2D eigenvalue weighted by molar-refractivity contribution is 0.425. The molecule has 3 nitrogen and oxygen atoms in total. The van der Waals surface area contributed by atoms with Crippen LogP contribution in [0.2, 0.25) is 5.02 Å². The Bertz CT molecular complexity index is 451. The van der Waals surface area contributed by atoms with Gasteiger partial charge < -0.3 is 5.73 Å². The number of hydrogen-bond acceptors (Lipinski definition) is 3. The molecule has 1 aromatic carbocycles. The molecule has 0 heterocycles. The molecule has 0 unspecified atom stereocenters. The second-order valence-corrected chi connectivity index (χ2v) is 7.01. The first-order valence-corrected chi connectivity index (χ1v) is 6.98. The predicted molar refractivity (Wildman–Crippen MR) is 66.3 cm³/mol. The molecule has 0 bridgehead atoms. The summed E-state index contributed by atoms with van der Waals surface area (Å²) >= 11 is 5.71. The zero-order valence-electron chi connectivity index (χ0n) is 9.40. The first-order chi connectivity index (χ1) is 7.27. The van der Waals surface area contributed by atoms with Crippen LogP contribution in [0.1, 0.15) is 13.8 Å². The van der Waals surface area contributed by atoms with Gasteiger partial charge in [0.05, 0.1) is 10.6 Å². The molecule has 0 atom stereocenters. The predicted octanol–water partition coefficient (Wildman–Crippen LogP) is 2.10. The molecule has 1 rings (SSSR count). The number of hydrogen-bond donors (Lipinski definition) is 1. The Hall–Kier alpha value is -0.580. The van der Waals surface area contributed by atoms with Crippen molar-refractivity contribution in [2.45, 2.75) is 18.7 Å². The van der Waals surface area contributed by atoms with Gasteiger partial charge in [0.1, 0.15) is 0 Å². The molecule has 0 aromatic heterocycles. The standard InChI is InChI=1S/C11H16ClNO2S/c1-11(2,7-13)8-16(14,15)10-5-3-9(12)4-6-10/h3-6H,7-8,13H2,1-2H3. The Morgan fingerprint density at radius 1 is 1.25 bits per heavy atom. The zero-order chi connectivity index (χ0) is 12.4. The van der Waals surface area contributed by atoms with Crippen LogP contribution in [0.25, 0.3) is 0 Å². The zero-order valence-corrected chi connectivity index (χ0v) is 11.0. The highest BCUT2D eigenvalue weighted by Gasteiger charge is 2.26. The summed E-state index contributed by atoms with van der Waals surface area (Å²) in [4.78, 5) is 0.290. The van der Waals surface area contributed by atoms with Gasteiger partial charge in [0.15, 0.2) is 9.84 Å². The molecule has 5 heteroatoms. The summed E-state index contributed by atoms with van der Waals surface area (Å²) in [6.07, 6.45) is 0. The summed E-state index contributed by atoms with van der Waals surface area (Å²) in [7, 11) is -3.29. The van der Waals surface area contributed by atoms with Crippen molar-refractivity contribution < 1.29 is 8.42 Å². The Balaban J connectivity index is 2.99. The van der Waals surface area contributed by atoms with E-state index in [0.29, 0.717) is 16.5 Å². The van der Waals surface area contributed by atoms with Crippen LogP contribution in [0, 0.1) is 5.41 Å². The fraction of sp³-hybridized carbons (Fsp3) is 0.455. The highest BCUT2D eigenvalue weighted by molar-refractivity contribution is 7.91. The lowest BCUT2D eigenvalue weighted by Gasteiger charge is -2.21. The van der Waals surface area contributed by atoms with Crippen LogP contribution in [0.5, 0.6) is 0 Å². The van der Waals surface area contributed by atoms with Gasteiger partial charge in [-0.2, -0.15) is 0 Å². The van der Waals surface area contributed by atoms with Crippen molar-refractivity contribution in [1.82, 2.24) is 0 Å². The van der Waals surface area contributed by atoms with Crippen molar-refractivity contribution in [2.75, 3.05) is 12.3 Å². The lowest BCUT2D eigenvalue weighted by Crippen LogP contribution is -2.31. The van der Waals surface area contributed by atoms with E-state index < -0.39 is 15.3 Å². The molecule has 0 aliphatic rings. The number of sulfone groups is 1. The average molecular weight is 262 g/mol. The van der Waals surface area contributed by atoms with E-state index in [1.165, 1.54) is 12.1 Å². The second kappa shape index (κ2) is 4.73. The van der Waals surface area contributed by atoms with Crippen molar-refractivity contribution in [2.24, 2.45) is 11.1 Å². The number of nitrogens with two attached hydrogens (primary N) is 1. The Morgan fingerprint density at radius 2 is 1.75 bits per heavy atom. The molecule has 90 valence electrons. The molecule has 1 aromatic rings. The molecule has 0 aliphatic heterocycles. The Kier molecular flexibility index (Phi) is 3.99. The van der Waals surface area contributed by atoms with E-state index in [9.17, 15) is 8.42 Å². The van der Waals surface area contributed by atoms with E-state index in [1.807, 2.05) is 13.8 Å². The minimum Gasteiger partial charge on any atom is -0.330 e. The summed E-state index contributed by atoms with van der Waals surface area (Å²) < 4.78 is 24.0. The van der Waals surface area contributed by atoms with E-state index in [1.54, 1.807) is 12.1 Å². The summed E-state index contributed by atoms with van der Waals surface area (Å²) in [5.41, 5.74) is 5.11. The third-order valence-electron chi connectivity index (χ3n) is 2.31. The summed E-state index contributed by atoms with van der Waals surface area (Å²) in [5.74, 6) is 0.0398. The lowest BCUT2D eigenvalue weighted by atomic mass is 9.97. The van der Waals surface area contributed by atoms with Crippen LogP contribution in [-0.2, 0) is 9.84 Å². The number of rotatable bonds is 4. The van der Waals surface area contributed by atoms with Gasteiger partial charge in [0.2, 0.25) is 0 Å². The third kappa shape index (κ3) is 3.47. The molecule has 0 saturated carbocycles. The first-order valence-electron chi connectivity index (χ1n) is 4.95. The van der Waals surface area contributed by atoms with Gasteiger partial charge in [-0.25, -0.2) is 8.42 Å². The largest absolute Gasteiger partial charge is 0.330 e. The van der Waals surface area contributed by atoms with Gasteiger partial charge in [-0.05, 0) is 36.2 Å². The molecule has 16 heavy (non-hydrogen) atoms. The Labute approximate surface area is 102 Å². The van der Waals surface area contributed by atoms with Crippen molar-refractivity contribution in [1.29, 1.82) is 0 Å². The van der Waals surface area contributed by atoms with Gasteiger partial charge in [-0.3, -0.25) is 0 Å². The van der Waals surface area contributed by atoms with Gasteiger partial charge in [0, 0.05) is 5.02 Å². The van der Waals surface area contributed by atoms with E-state index in [-0.39, 0.29) is 5.75 Å². The van der Waals surface area contributed by atoms with E-state index in [0.717, 1.165) is 0 Å². The maximum atomic E-state index is 12.0. The minimum absolute atomic E-state index is 0.0398. The second-order valence-electron chi connectivity index (χ2n) is 4.58. The van der Waals surface area contributed by atoms with Crippen LogP contribution >= 0.6 is 11.6 Å². The van der Waals surface area contributed by atoms with Crippen molar-refractivity contribution in [3.63, 3.8) is 0 Å². The van der Waals surface area contributed by atoms with E-state index in [2.05, 4.69) is 0 Å². The van der Waals surface area contributed by atoms with Gasteiger partial charge in [-0.15, -0.1) is 0 Å². The average Bonchev–Trinajstić information content (AvgIpc) is 2.17. The van der Waals surface area contributed by atoms with Gasteiger partial charge >= 0.3 is 0 Å². The molecule has 0 radical (unpaired) electrons. The van der Waals surface area contributed by atoms with Crippen molar-refractivity contribution >= 4 is 21.4 Å². The fourth-order valence-corrected chi connectivity index (χ4v) is 3.29. The van der Waals surface area contributed by atoms with Gasteiger partial charge in [0.25, 0.3) is 0 Å². The summed E-state index contributed by atoms with van der Waals surface area (Å²) in [6.45, 7) is 4.00. The molecular formula is C11H16ClNO2S. The van der Waals surface area contributed by atoms with Crippen molar-refractivity contribution in [3.8, 4) is 0 Å². The normalized spacial score (nSPS) is 12.8. The topological polar surface area (TPSA) is 60.2 Å². The van der Waals surface area contributed by atoms with Crippen LogP contribution in [0.15, 0.2) is 29.2 Å². The summed E-state index contributed by atoms with van der Waals surface area (Å²) in [6, 6.07) is 6.18. The highest BCUT2D eigenvalue weighted by atomic mass is 35.5. The molecule has 2 N–H and O–H groups in total. The Morgan fingerprint density at radius 3 is 2.19 bits per heavy atom. The molecular weight excluding hydrogens is 246 g/mol. The molecule has 0 amide bonds. The van der Waals surface area contributed by atoms with E-state index in [4.69, 9.17) is 17.3 Å². The third-order valence-corrected chi connectivity index (χ3v) is 4.71. The number of benzene rings is 1. The monoisotopic (exact) mass is 261 g/mol. The van der Waals surface area contributed by atoms with E-state index >= 15 is 0 Å². The van der Waals surface area contributed by atoms with Gasteiger partial charge in [-0.1, -0.05) is 25.4 Å².